The highest BCUT2D eigenvalue weighted by atomic mass is 19.1. The van der Waals surface area contributed by atoms with E-state index in [9.17, 15) is 4.39 Å². The molecular weight excluding hydrogens is 383 g/mol. The largest absolute Gasteiger partial charge is 0.373 e. The summed E-state index contributed by atoms with van der Waals surface area (Å²) in [6, 6.07) is 6.22. The minimum atomic E-state index is -0.280. The Kier molecular flexibility index (Phi) is 5.46. The minimum absolute atomic E-state index is 0.0789. The standard InChI is InChI=1S/C22H29FN6O/c1-14-11-28(12-15(2)30-14)22(4,5)13-24-20-19-10-25-29(21(19)27-16(3)26-20)18-8-6-17(23)7-9-18/h6-10,14-15H,11-13H2,1-5H3,(H,24,26,27)/t14-,15-/m1/s1. The predicted molar refractivity (Wildman–Crippen MR) is 116 cm³/mol. The van der Waals surface area contributed by atoms with Crippen LogP contribution in [0.3, 0.4) is 0 Å². The molecule has 1 N–H and O–H groups in total. The normalized spacial score (nSPS) is 20.6. The number of ether oxygens (including phenoxy) is 1. The minimum Gasteiger partial charge on any atom is -0.373 e. The summed E-state index contributed by atoms with van der Waals surface area (Å²) in [7, 11) is 0. The highest BCUT2D eigenvalue weighted by Gasteiger charge is 2.33. The summed E-state index contributed by atoms with van der Waals surface area (Å²) in [4.78, 5) is 11.7. The van der Waals surface area contributed by atoms with Gasteiger partial charge in [-0.15, -0.1) is 0 Å². The van der Waals surface area contributed by atoms with Crippen LogP contribution in [0.2, 0.25) is 0 Å². The van der Waals surface area contributed by atoms with Crippen molar-refractivity contribution in [2.75, 3.05) is 25.0 Å². The number of hydrogen-bond donors (Lipinski definition) is 1. The second kappa shape index (κ2) is 7.92. The van der Waals surface area contributed by atoms with Crippen molar-refractivity contribution in [2.24, 2.45) is 0 Å². The van der Waals surface area contributed by atoms with E-state index in [-0.39, 0.29) is 23.6 Å². The maximum Gasteiger partial charge on any atom is 0.168 e. The van der Waals surface area contributed by atoms with Crippen LogP contribution in [0.4, 0.5) is 10.2 Å². The molecule has 1 aliphatic rings. The number of anilines is 1. The molecule has 0 saturated carbocycles. The molecule has 0 unspecified atom stereocenters. The van der Waals surface area contributed by atoms with E-state index in [2.05, 4.69) is 53.0 Å². The smallest absolute Gasteiger partial charge is 0.168 e. The van der Waals surface area contributed by atoms with E-state index in [1.54, 1.807) is 23.0 Å². The molecule has 2 aromatic heterocycles. The van der Waals surface area contributed by atoms with Crippen molar-refractivity contribution in [3.63, 3.8) is 0 Å². The van der Waals surface area contributed by atoms with Gasteiger partial charge in [0.2, 0.25) is 0 Å². The molecule has 1 aromatic carbocycles. The number of morpholine rings is 1. The molecule has 3 aromatic rings. The van der Waals surface area contributed by atoms with E-state index in [1.165, 1.54) is 12.1 Å². The zero-order chi connectivity index (χ0) is 21.5. The molecule has 2 atom stereocenters. The predicted octanol–water partition coefficient (Wildman–Crippen LogP) is 3.56. The number of rotatable bonds is 5. The molecule has 1 fully saturated rings. The number of aryl methyl sites for hydroxylation is 1. The van der Waals surface area contributed by atoms with E-state index < -0.39 is 0 Å². The summed E-state index contributed by atoms with van der Waals surface area (Å²) in [5.41, 5.74) is 1.37. The van der Waals surface area contributed by atoms with Crippen molar-refractivity contribution in [3.05, 3.63) is 42.1 Å². The average molecular weight is 413 g/mol. The highest BCUT2D eigenvalue weighted by molar-refractivity contribution is 5.87. The summed E-state index contributed by atoms with van der Waals surface area (Å²) in [6.45, 7) is 13.1. The zero-order valence-corrected chi connectivity index (χ0v) is 18.2. The highest BCUT2D eigenvalue weighted by Crippen LogP contribution is 2.26. The van der Waals surface area contributed by atoms with Gasteiger partial charge in [-0.25, -0.2) is 19.0 Å². The van der Waals surface area contributed by atoms with Crippen LogP contribution in [0, 0.1) is 12.7 Å². The third kappa shape index (κ3) is 4.15. The first-order chi connectivity index (χ1) is 14.2. The third-order valence-corrected chi connectivity index (χ3v) is 5.58. The second-order valence-electron chi connectivity index (χ2n) is 8.72. The van der Waals surface area contributed by atoms with Gasteiger partial charge in [0.25, 0.3) is 0 Å². The number of fused-ring (bicyclic) bond motifs is 1. The monoisotopic (exact) mass is 412 g/mol. The summed E-state index contributed by atoms with van der Waals surface area (Å²) >= 11 is 0. The summed E-state index contributed by atoms with van der Waals surface area (Å²) in [5, 5.41) is 8.84. The van der Waals surface area contributed by atoms with Gasteiger partial charge in [0.1, 0.15) is 17.5 Å². The summed E-state index contributed by atoms with van der Waals surface area (Å²) in [6.07, 6.45) is 2.19. The van der Waals surface area contributed by atoms with Gasteiger partial charge in [-0.2, -0.15) is 5.10 Å². The van der Waals surface area contributed by atoms with Crippen LogP contribution in [-0.4, -0.2) is 62.0 Å². The van der Waals surface area contributed by atoms with Crippen molar-refractivity contribution >= 4 is 16.9 Å². The van der Waals surface area contributed by atoms with Crippen LogP contribution < -0.4 is 5.32 Å². The van der Waals surface area contributed by atoms with Gasteiger partial charge < -0.3 is 10.1 Å². The van der Waals surface area contributed by atoms with Crippen LogP contribution in [0.5, 0.6) is 0 Å². The van der Waals surface area contributed by atoms with E-state index in [0.717, 1.165) is 36.5 Å². The van der Waals surface area contributed by atoms with E-state index >= 15 is 0 Å². The fourth-order valence-electron chi connectivity index (χ4n) is 4.01. The number of aromatic nitrogens is 4. The fourth-order valence-corrected chi connectivity index (χ4v) is 4.01. The fraction of sp³-hybridized carbons (Fsp3) is 0.500. The molecule has 0 radical (unpaired) electrons. The molecule has 0 aliphatic carbocycles. The number of nitrogens with one attached hydrogen (secondary N) is 1. The Morgan fingerprint density at radius 3 is 2.47 bits per heavy atom. The SMILES string of the molecule is Cc1nc(NCC(C)(C)N2C[C@@H](C)O[C@H](C)C2)c2cnn(-c3ccc(F)cc3)c2n1. The van der Waals surface area contributed by atoms with E-state index in [1.807, 2.05) is 6.92 Å². The molecule has 160 valence electrons. The van der Waals surface area contributed by atoms with E-state index in [4.69, 9.17) is 4.74 Å². The molecule has 8 heteroatoms. The van der Waals surface area contributed by atoms with Crippen LogP contribution in [0.15, 0.2) is 30.5 Å². The lowest BCUT2D eigenvalue weighted by Gasteiger charge is -2.45. The Morgan fingerprint density at radius 1 is 1.13 bits per heavy atom. The van der Waals surface area contributed by atoms with Gasteiger partial charge in [-0.05, 0) is 58.9 Å². The van der Waals surface area contributed by atoms with Crippen molar-refractivity contribution in [2.45, 2.75) is 52.4 Å². The van der Waals surface area contributed by atoms with Gasteiger partial charge in [0.15, 0.2) is 5.65 Å². The first kappa shape index (κ1) is 20.7. The Bertz CT molecular complexity index is 1020. The van der Waals surface area contributed by atoms with Crippen LogP contribution >= 0.6 is 0 Å². The molecule has 0 amide bonds. The summed E-state index contributed by atoms with van der Waals surface area (Å²) in [5.74, 6) is 1.13. The molecule has 30 heavy (non-hydrogen) atoms. The third-order valence-electron chi connectivity index (χ3n) is 5.58. The second-order valence-corrected chi connectivity index (χ2v) is 8.72. The van der Waals surface area contributed by atoms with Gasteiger partial charge in [0.05, 0.1) is 29.5 Å². The maximum absolute atomic E-state index is 13.3. The molecule has 3 heterocycles. The van der Waals surface area contributed by atoms with Crippen molar-refractivity contribution in [1.82, 2.24) is 24.6 Å². The van der Waals surface area contributed by atoms with Crippen LogP contribution in [0.25, 0.3) is 16.7 Å². The topological polar surface area (TPSA) is 68.1 Å². The van der Waals surface area contributed by atoms with Crippen molar-refractivity contribution < 1.29 is 9.13 Å². The Hall–Kier alpha value is -2.58. The van der Waals surface area contributed by atoms with Crippen LogP contribution in [-0.2, 0) is 4.74 Å². The molecule has 4 rings (SSSR count). The molecule has 0 bridgehead atoms. The van der Waals surface area contributed by atoms with Gasteiger partial charge in [0, 0.05) is 25.2 Å². The Morgan fingerprint density at radius 2 is 1.80 bits per heavy atom. The van der Waals surface area contributed by atoms with Crippen LogP contribution in [0.1, 0.15) is 33.5 Å². The molecule has 0 spiro atoms. The molecule has 1 aliphatic heterocycles. The van der Waals surface area contributed by atoms with Gasteiger partial charge >= 0.3 is 0 Å². The van der Waals surface area contributed by atoms with Crippen molar-refractivity contribution in [3.8, 4) is 5.69 Å². The zero-order valence-electron chi connectivity index (χ0n) is 18.2. The van der Waals surface area contributed by atoms with Gasteiger partial charge in [-0.1, -0.05) is 0 Å². The first-order valence-corrected chi connectivity index (χ1v) is 10.4. The van der Waals surface area contributed by atoms with E-state index in [0.29, 0.717) is 11.5 Å². The average Bonchev–Trinajstić information content (AvgIpc) is 3.10. The number of hydrogen-bond acceptors (Lipinski definition) is 6. The molecular formula is C22H29FN6O. The Balaban J connectivity index is 1.59. The lowest BCUT2D eigenvalue weighted by Crippen LogP contribution is -2.57. The lowest BCUT2D eigenvalue weighted by atomic mass is 10.00. The molecule has 7 nitrogen and oxygen atoms in total. The van der Waals surface area contributed by atoms with Gasteiger partial charge in [-0.3, -0.25) is 4.90 Å². The number of nitrogens with zero attached hydrogens (tertiary/aromatic N) is 5. The number of halogens is 1. The lowest BCUT2D eigenvalue weighted by molar-refractivity contribution is -0.0933. The summed E-state index contributed by atoms with van der Waals surface area (Å²) < 4.78 is 20.9. The Labute approximate surface area is 176 Å². The number of benzene rings is 1. The van der Waals surface area contributed by atoms with Crippen molar-refractivity contribution in [1.29, 1.82) is 0 Å². The quantitative estimate of drug-likeness (QED) is 0.691. The first-order valence-electron chi connectivity index (χ1n) is 10.4. The molecule has 1 saturated heterocycles. The maximum atomic E-state index is 13.3.